The second kappa shape index (κ2) is 11.7. The summed E-state index contributed by atoms with van der Waals surface area (Å²) in [6.45, 7) is 7.06. The molecular weight excluding hydrogens is 667 g/mol. The van der Waals surface area contributed by atoms with Crippen LogP contribution in [0, 0.1) is 0 Å². The Morgan fingerprint density at radius 2 is 1.00 bits per heavy atom. The molecule has 1 heterocycles. The van der Waals surface area contributed by atoms with Crippen molar-refractivity contribution >= 4 is 39.0 Å². The zero-order chi connectivity index (χ0) is 36.9. The lowest BCUT2D eigenvalue weighted by Crippen LogP contribution is -2.22. The second-order valence-corrected chi connectivity index (χ2v) is 15.8. The van der Waals surface area contributed by atoms with Gasteiger partial charge in [0.25, 0.3) is 0 Å². The van der Waals surface area contributed by atoms with Gasteiger partial charge >= 0.3 is 0 Å². The quantitative estimate of drug-likeness (QED) is 0.177. The van der Waals surface area contributed by atoms with Crippen LogP contribution in [0.25, 0.3) is 55.3 Å². The zero-order valence-electron chi connectivity index (χ0n) is 31.2. The predicted octanol–water partition coefficient (Wildman–Crippen LogP) is 14.4. The van der Waals surface area contributed by atoms with Crippen molar-refractivity contribution in [2.45, 2.75) is 31.6 Å². The van der Waals surface area contributed by atoms with Gasteiger partial charge in [0.1, 0.15) is 11.2 Å². The third-order valence-electron chi connectivity index (χ3n) is 12.6. The topological polar surface area (TPSA) is 16.4 Å². The highest BCUT2D eigenvalue weighted by Gasteiger charge is 2.41. The monoisotopic (exact) mass is 705 g/mol. The van der Waals surface area contributed by atoms with Crippen molar-refractivity contribution in [1.82, 2.24) is 0 Å². The maximum atomic E-state index is 6.84. The van der Waals surface area contributed by atoms with Crippen LogP contribution >= 0.6 is 0 Å². The van der Waals surface area contributed by atoms with Gasteiger partial charge in [0.15, 0.2) is 0 Å². The molecule has 8 aromatic carbocycles. The van der Waals surface area contributed by atoms with E-state index in [9.17, 15) is 0 Å². The minimum atomic E-state index is -0.301. The summed E-state index contributed by atoms with van der Waals surface area (Å²) in [7, 11) is 0. The molecule has 262 valence electrons. The molecule has 1 aromatic heterocycles. The molecule has 0 spiro atoms. The van der Waals surface area contributed by atoms with E-state index in [0.717, 1.165) is 39.0 Å². The van der Waals surface area contributed by atoms with Crippen LogP contribution in [0.4, 0.5) is 17.1 Å². The summed E-state index contributed by atoms with van der Waals surface area (Å²) in [6, 6.07) is 66.5. The Morgan fingerprint density at radius 1 is 0.418 bits per heavy atom. The Morgan fingerprint density at radius 3 is 1.71 bits per heavy atom. The van der Waals surface area contributed by atoms with Crippen molar-refractivity contribution in [2.75, 3.05) is 4.90 Å². The van der Waals surface area contributed by atoms with Crippen LogP contribution in [0.15, 0.2) is 186 Å². The van der Waals surface area contributed by atoms with Crippen molar-refractivity contribution < 1.29 is 4.42 Å². The van der Waals surface area contributed by atoms with Gasteiger partial charge in [-0.15, -0.1) is 0 Å². The Labute approximate surface area is 322 Å². The first kappa shape index (κ1) is 31.8. The van der Waals surface area contributed by atoms with Crippen LogP contribution in [0.5, 0.6) is 0 Å². The first-order chi connectivity index (χ1) is 26.9. The van der Waals surface area contributed by atoms with Gasteiger partial charge < -0.3 is 9.32 Å². The molecule has 11 rings (SSSR count). The van der Waals surface area contributed by atoms with E-state index in [1.54, 1.807) is 0 Å². The SMILES string of the molecule is CC1(C)c2ccccc2-c2ccc(N(c3ccc(-c4ccccc4)cc3)c3cccc4oc5cc(C6(C)c7ccccc7-c7ccccc76)ccc5c34)cc21. The van der Waals surface area contributed by atoms with Gasteiger partial charge in [-0.25, -0.2) is 0 Å². The number of anilines is 3. The molecule has 2 nitrogen and oxygen atoms in total. The molecule has 0 saturated carbocycles. The van der Waals surface area contributed by atoms with Gasteiger partial charge in [-0.3, -0.25) is 0 Å². The fourth-order valence-electron chi connectivity index (χ4n) is 9.76. The first-order valence-electron chi connectivity index (χ1n) is 19.3. The minimum absolute atomic E-state index is 0.122. The molecular formula is C53H39NO. The fraction of sp³-hybridized carbons (Fsp3) is 0.0943. The fourth-order valence-corrected chi connectivity index (χ4v) is 9.76. The Balaban J connectivity index is 1.10. The van der Waals surface area contributed by atoms with Gasteiger partial charge in [-0.05, 0) is 111 Å². The summed E-state index contributed by atoms with van der Waals surface area (Å²) < 4.78 is 6.84. The summed E-state index contributed by atoms with van der Waals surface area (Å²) in [5, 5.41) is 2.22. The molecule has 0 bridgehead atoms. The summed E-state index contributed by atoms with van der Waals surface area (Å²) in [5.74, 6) is 0. The van der Waals surface area contributed by atoms with Gasteiger partial charge in [0.2, 0.25) is 0 Å². The van der Waals surface area contributed by atoms with E-state index in [-0.39, 0.29) is 10.8 Å². The van der Waals surface area contributed by atoms with E-state index in [2.05, 4.69) is 208 Å². The lowest BCUT2D eigenvalue weighted by atomic mass is 9.74. The average molecular weight is 706 g/mol. The molecule has 9 aromatic rings. The molecule has 0 atom stereocenters. The van der Waals surface area contributed by atoms with Gasteiger partial charge in [-0.1, -0.05) is 153 Å². The normalized spacial score (nSPS) is 14.4. The highest BCUT2D eigenvalue weighted by molar-refractivity contribution is 6.13. The van der Waals surface area contributed by atoms with E-state index < -0.39 is 0 Å². The molecule has 2 aliphatic rings. The first-order valence-corrected chi connectivity index (χ1v) is 19.3. The Hall–Kier alpha value is -6.64. The summed E-state index contributed by atoms with van der Waals surface area (Å²) >= 11 is 0. The molecule has 0 radical (unpaired) electrons. The number of nitrogens with zero attached hydrogens (tertiary/aromatic N) is 1. The highest BCUT2D eigenvalue weighted by atomic mass is 16.3. The predicted molar refractivity (Wildman–Crippen MR) is 229 cm³/mol. The third-order valence-corrected chi connectivity index (χ3v) is 12.6. The van der Waals surface area contributed by atoms with Crippen molar-refractivity contribution in [3.8, 4) is 33.4 Å². The van der Waals surface area contributed by atoms with E-state index in [0.29, 0.717) is 0 Å². The van der Waals surface area contributed by atoms with Crippen LogP contribution in [0.1, 0.15) is 48.6 Å². The minimum Gasteiger partial charge on any atom is -0.456 e. The van der Waals surface area contributed by atoms with Gasteiger partial charge in [0.05, 0.1) is 11.1 Å². The van der Waals surface area contributed by atoms with Crippen LogP contribution in [0.3, 0.4) is 0 Å². The van der Waals surface area contributed by atoms with E-state index >= 15 is 0 Å². The number of rotatable bonds is 5. The number of fused-ring (bicyclic) bond motifs is 9. The largest absolute Gasteiger partial charge is 0.456 e. The number of furan rings is 1. The standard InChI is InChI=1S/C53H39NO/c1-52(2)44-19-10-7-16-39(44)42-31-29-38(33-47(42)52)54(37-27-24-35(25-28-37)34-14-5-4-6-15-34)48-22-13-23-49-51(48)43-30-26-36(32-50(43)55-49)53(3)45-20-11-8-17-40(45)41-18-9-12-21-46(41)53/h4-33H,1-3H3. The summed E-state index contributed by atoms with van der Waals surface area (Å²) in [4.78, 5) is 2.42. The number of hydrogen-bond acceptors (Lipinski definition) is 2. The Bertz CT molecular complexity index is 2920. The lowest BCUT2D eigenvalue weighted by Gasteiger charge is -2.29. The van der Waals surface area contributed by atoms with Gasteiger partial charge in [-0.2, -0.15) is 0 Å². The molecule has 2 heteroatoms. The van der Waals surface area contributed by atoms with E-state index in [1.165, 1.54) is 61.2 Å². The molecule has 0 saturated heterocycles. The highest BCUT2D eigenvalue weighted by Crippen LogP contribution is 2.54. The van der Waals surface area contributed by atoms with Crippen molar-refractivity contribution in [2.24, 2.45) is 0 Å². The maximum absolute atomic E-state index is 6.84. The molecule has 2 aliphatic carbocycles. The van der Waals surface area contributed by atoms with Crippen LogP contribution in [-0.4, -0.2) is 0 Å². The second-order valence-electron chi connectivity index (χ2n) is 15.8. The summed E-state index contributed by atoms with van der Waals surface area (Å²) in [6.07, 6.45) is 0. The average Bonchev–Trinajstić information content (AvgIpc) is 3.82. The van der Waals surface area contributed by atoms with Crippen LogP contribution in [-0.2, 0) is 10.8 Å². The van der Waals surface area contributed by atoms with Crippen LogP contribution < -0.4 is 4.90 Å². The molecule has 0 amide bonds. The van der Waals surface area contributed by atoms with Crippen molar-refractivity contribution in [1.29, 1.82) is 0 Å². The summed E-state index contributed by atoms with van der Waals surface area (Å²) in [5.41, 5.74) is 18.9. The van der Waals surface area contributed by atoms with Crippen molar-refractivity contribution in [3.63, 3.8) is 0 Å². The molecule has 0 aliphatic heterocycles. The van der Waals surface area contributed by atoms with Crippen LogP contribution in [0.2, 0.25) is 0 Å². The smallest absolute Gasteiger partial charge is 0.137 e. The maximum Gasteiger partial charge on any atom is 0.137 e. The molecule has 55 heavy (non-hydrogen) atoms. The van der Waals surface area contributed by atoms with E-state index in [1.807, 2.05) is 0 Å². The van der Waals surface area contributed by atoms with Crippen molar-refractivity contribution in [3.05, 3.63) is 210 Å². The van der Waals surface area contributed by atoms with E-state index in [4.69, 9.17) is 4.42 Å². The van der Waals surface area contributed by atoms with Gasteiger partial charge in [0, 0.05) is 27.6 Å². The lowest BCUT2D eigenvalue weighted by molar-refractivity contribution is 0.660. The Kier molecular flexibility index (Phi) is 6.76. The third kappa shape index (κ3) is 4.55. The molecule has 0 unspecified atom stereocenters. The number of hydrogen-bond donors (Lipinski definition) is 0. The molecule has 0 N–H and O–H groups in total. The molecule has 0 fully saturated rings. The number of benzene rings is 8. The zero-order valence-corrected chi connectivity index (χ0v) is 31.2.